The molecule has 4 nitrogen and oxygen atoms in total. The average Bonchev–Trinajstić information content (AvgIpc) is 2.90. The van der Waals surface area contributed by atoms with Crippen LogP contribution in [-0.2, 0) is 10.3 Å². The van der Waals surface area contributed by atoms with Gasteiger partial charge in [0.25, 0.3) is 5.91 Å². The number of rotatable bonds is 5. The van der Waals surface area contributed by atoms with Gasteiger partial charge in [-0.3, -0.25) is 9.69 Å². The Labute approximate surface area is 165 Å². The summed E-state index contributed by atoms with van der Waals surface area (Å²) in [5, 5.41) is 3.56. The molecule has 0 aliphatic carbocycles. The summed E-state index contributed by atoms with van der Waals surface area (Å²) in [6.45, 7) is 2.50. The van der Waals surface area contributed by atoms with Gasteiger partial charge in [0, 0.05) is 6.54 Å². The Morgan fingerprint density at radius 1 is 1.23 bits per heavy atom. The number of ether oxygens (including phenoxy) is 1. The van der Waals surface area contributed by atoms with Gasteiger partial charge in [-0.1, -0.05) is 25.1 Å². The van der Waals surface area contributed by atoms with Crippen molar-refractivity contribution in [2.75, 3.05) is 13.7 Å². The minimum absolute atomic E-state index is 0.173. The van der Waals surface area contributed by atoms with E-state index in [1.165, 1.54) is 6.07 Å². The molecule has 0 saturated carbocycles. The van der Waals surface area contributed by atoms with Crippen molar-refractivity contribution in [1.82, 2.24) is 10.2 Å². The fraction of sp³-hybridized carbons (Fsp3) is 0.263. The van der Waals surface area contributed by atoms with E-state index in [4.69, 9.17) is 17.0 Å². The molecule has 1 saturated heterocycles. The number of thiocarbonyl (C=S) groups is 1. The van der Waals surface area contributed by atoms with Crippen molar-refractivity contribution in [3.05, 3.63) is 63.9 Å². The highest BCUT2D eigenvalue weighted by atomic mass is 79.9. The Bertz CT molecular complexity index is 859. The van der Waals surface area contributed by atoms with E-state index in [9.17, 15) is 9.18 Å². The number of methoxy groups -OCH3 is 1. The van der Waals surface area contributed by atoms with Crippen LogP contribution in [0.25, 0.3) is 0 Å². The smallest absolute Gasteiger partial charge is 0.263 e. The van der Waals surface area contributed by atoms with E-state index in [1.54, 1.807) is 36.3 Å². The summed E-state index contributed by atoms with van der Waals surface area (Å²) in [5.74, 6) is 0.118. The lowest BCUT2D eigenvalue weighted by Crippen LogP contribution is -2.45. The highest BCUT2D eigenvalue weighted by molar-refractivity contribution is 9.10. The summed E-state index contributed by atoms with van der Waals surface area (Å²) in [7, 11) is 1.58. The molecule has 1 amide bonds. The van der Waals surface area contributed by atoms with Crippen LogP contribution in [0.5, 0.6) is 5.75 Å². The van der Waals surface area contributed by atoms with Crippen LogP contribution < -0.4 is 10.1 Å². The number of hydrogen-bond donors (Lipinski definition) is 1. The lowest BCUT2D eigenvalue weighted by atomic mass is 9.82. The molecule has 1 fully saturated rings. The van der Waals surface area contributed by atoms with Crippen LogP contribution in [0.1, 0.15) is 24.5 Å². The first-order valence-electron chi connectivity index (χ1n) is 8.18. The summed E-state index contributed by atoms with van der Waals surface area (Å²) in [5.41, 5.74) is 0.124. The maximum atomic E-state index is 13.8. The van der Waals surface area contributed by atoms with E-state index < -0.39 is 11.4 Å². The average molecular weight is 437 g/mol. The van der Waals surface area contributed by atoms with Gasteiger partial charge in [0.1, 0.15) is 11.6 Å². The highest BCUT2D eigenvalue weighted by Crippen LogP contribution is 2.38. The molecule has 1 N–H and O–H groups in total. The second kappa shape index (κ2) is 7.32. The standard InChI is InChI=1S/C19H18BrFN2O2S/c1-3-10-23-17(24)19(22-18(23)26,12-4-7-14(25-2)8-5-12)13-6-9-16(21)15(20)11-13/h4-9,11H,3,10H2,1-2H3,(H,22,26). The van der Waals surface area contributed by atoms with Gasteiger partial charge in [-0.25, -0.2) is 4.39 Å². The molecule has 1 heterocycles. The molecular weight excluding hydrogens is 419 g/mol. The first-order valence-corrected chi connectivity index (χ1v) is 9.38. The predicted octanol–water partition coefficient (Wildman–Crippen LogP) is 3.97. The molecule has 2 aromatic carbocycles. The SMILES string of the molecule is CCCN1C(=O)C(c2ccc(OC)cc2)(c2ccc(F)c(Br)c2)NC1=S. The molecular formula is C19H18BrFN2O2S. The monoisotopic (exact) mass is 436 g/mol. The minimum Gasteiger partial charge on any atom is -0.497 e. The van der Waals surface area contributed by atoms with Crippen molar-refractivity contribution in [2.45, 2.75) is 18.9 Å². The number of nitrogens with one attached hydrogen (secondary N) is 1. The van der Waals surface area contributed by atoms with Crippen LogP contribution in [0.2, 0.25) is 0 Å². The minimum atomic E-state index is -1.20. The van der Waals surface area contributed by atoms with Crippen LogP contribution in [0, 0.1) is 5.82 Å². The highest BCUT2D eigenvalue weighted by Gasteiger charge is 2.51. The maximum Gasteiger partial charge on any atom is 0.263 e. The van der Waals surface area contributed by atoms with Gasteiger partial charge >= 0.3 is 0 Å². The molecule has 136 valence electrons. The summed E-state index contributed by atoms with van der Waals surface area (Å²) < 4.78 is 19.3. The molecule has 2 aromatic rings. The molecule has 1 aliphatic heterocycles. The molecule has 7 heteroatoms. The Morgan fingerprint density at radius 3 is 2.46 bits per heavy atom. The van der Waals surface area contributed by atoms with Gasteiger partial charge in [0.15, 0.2) is 10.7 Å². The van der Waals surface area contributed by atoms with Crippen LogP contribution >= 0.6 is 28.1 Å². The van der Waals surface area contributed by atoms with Crippen molar-refractivity contribution in [2.24, 2.45) is 0 Å². The fourth-order valence-electron chi connectivity index (χ4n) is 3.13. The first kappa shape index (κ1) is 18.8. The zero-order valence-corrected chi connectivity index (χ0v) is 16.8. The van der Waals surface area contributed by atoms with E-state index in [-0.39, 0.29) is 10.4 Å². The van der Waals surface area contributed by atoms with Crippen molar-refractivity contribution < 1.29 is 13.9 Å². The lowest BCUT2D eigenvalue weighted by molar-refractivity contribution is -0.130. The van der Waals surface area contributed by atoms with Crippen molar-refractivity contribution >= 4 is 39.2 Å². The number of amides is 1. The van der Waals surface area contributed by atoms with Crippen LogP contribution in [0.3, 0.4) is 0 Å². The zero-order valence-electron chi connectivity index (χ0n) is 14.4. The number of carbonyl (C=O) groups excluding carboxylic acids is 1. The Hall–Kier alpha value is -1.99. The van der Waals surface area contributed by atoms with Crippen molar-refractivity contribution in [3.63, 3.8) is 0 Å². The molecule has 0 bridgehead atoms. The second-order valence-corrected chi connectivity index (χ2v) is 7.24. The van der Waals surface area contributed by atoms with Crippen molar-refractivity contribution in [1.29, 1.82) is 0 Å². The Balaban J connectivity index is 2.20. The zero-order chi connectivity index (χ0) is 18.9. The van der Waals surface area contributed by atoms with Gasteiger partial charge < -0.3 is 10.1 Å². The molecule has 1 aliphatic rings. The Morgan fingerprint density at radius 2 is 1.88 bits per heavy atom. The quantitative estimate of drug-likeness (QED) is 0.719. The predicted molar refractivity (Wildman–Crippen MR) is 106 cm³/mol. The van der Waals surface area contributed by atoms with Gasteiger partial charge in [-0.2, -0.15) is 0 Å². The molecule has 0 aromatic heterocycles. The molecule has 1 unspecified atom stereocenters. The van der Waals surface area contributed by atoms with Crippen molar-refractivity contribution in [3.8, 4) is 5.75 Å². The summed E-state index contributed by atoms with van der Waals surface area (Å²) >= 11 is 8.64. The largest absolute Gasteiger partial charge is 0.497 e. The van der Waals surface area contributed by atoms with E-state index in [0.29, 0.717) is 28.5 Å². The van der Waals surface area contributed by atoms with Gasteiger partial charge in [0.05, 0.1) is 11.6 Å². The van der Waals surface area contributed by atoms with E-state index in [0.717, 1.165) is 6.42 Å². The number of carbonyl (C=O) groups is 1. The maximum absolute atomic E-state index is 13.8. The van der Waals surface area contributed by atoms with E-state index >= 15 is 0 Å². The van der Waals surface area contributed by atoms with Crippen LogP contribution in [0.4, 0.5) is 4.39 Å². The summed E-state index contributed by atoms with van der Waals surface area (Å²) in [6.07, 6.45) is 0.777. The molecule has 26 heavy (non-hydrogen) atoms. The third kappa shape index (κ3) is 2.99. The van der Waals surface area contributed by atoms with Gasteiger partial charge in [-0.15, -0.1) is 0 Å². The molecule has 1 atom stereocenters. The summed E-state index contributed by atoms with van der Waals surface area (Å²) in [4.78, 5) is 15.0. The topological polar surface area (TPSA) is 41.6 Å². The number of nitrogens with zero attached hydrogens (tertiary/aromatic N) is 1. The van der Waals surface area contributed by atoms with Gasteiger partial charge in [0.2, 0.25) is 0 Å². The second-order valence-electron chi connectivity index (χ2n) is 5.99. The first-order chi connectivity index (χ1) is 12.4. The van der Waals surface area contributed by atoms with E-state index in [2.05, 4.69) is 21.2 Å². The third-order valence-corrected chi connectivity index (χ3v) is 5.36. The summed E-state index contributed by atoms with van der Waals surface area (Å²) in [6, 6.07) is 11.8. The molecule has 3 rings (SSSR count). The lowest BCUT2D eigenvalue weighted by Gasteiger charge is -2.29. The van der Waals surface area contributed by atoms with Crippen LogP contribution in [-0.4, -0.2) is 29.6 Å². The number of halogens is 2. The Kier molecular flexibility index (Phi) is 5.29. The number of benzene rings is 2. The fourth-order valence-corrected chi connectivity index (χ4v) is 3.84. The third-order valence-electron chi connectivity index (χ3n) is 4.43. The molecule has 0 spiro atoms. The number of hydrogen-bond acceptors (Lipinski definition) is 3. The van der Waals surface area contributed by atoms with Crippen LogP contribution in [0.15, 0.2) is 46.9 Å². The normalized spacial score (nSPS) is 19.6. The van der Waals surface area contributed by atoms with E-state index in [1.807, 2.05) is 19.1 Å². The van der Waals surface area contributed by atoms with Gasteiger partial charge in [-0.05, 0) is 70.0 Å². The molecule has 0 radical (unpaired) electrons.